The lowest BCUT2D eigenvalue weighted by atomic mass is 9.84. The average Bonchev–Trinajstić information content (AvgIpc) is 3.42. The second-order valence-corrected chi connectivity index (χ2v) is 10.8. The summed E-state index contributed by atoms with van der Waals surface area (Å²) in [4.78, 5) is 29.0. The van der Waals surface area contributed by atoms with Crippen LogP contribution in [0, 0.1) is 6.92 Å². The molecule has 1 aliphatic rings. The average molecular weight is 510 g/mol. The van der Waals surface area contributed by atoms with Gasteiger partial charge in [-0.05, 0) is 66.6 Å². The first-order valence-electron chi connectivity index (χ1n) is 11.4. The van der Waals surface area contributed by atoms with Crippen molar-refractivity contribution in [2.24, 2.45) is 0 Å². The van der Waals surface area contributed by atoms with Gasteiger partial charge in [0, 0.05) is 26.7 Å². The second-order valence-electron chi connectivity index (χ2n) is 9.46. The lowest BCUT2D eigenvalue weighted by Gasteiger charge is -2.26. The summed E-state index contributed by atoms with van der Waals surface area (Å²) >= 11 is 7.77. The van der Waals surface area contributed by atoms with E-state index in [4.69, 9.17) is 16.3 Å². The number of ether oxygens (including phenoxy) is 1. The summed E-state index contributed by atoms with van der Waals surface area (Å²) in [6, 6.07) is 13.6. The summed E-state index contributed by atoms with van der Waals surface area (Å²) in [5.74, 6) is -0.914. The van der Waals surface area contributed by atoms with Gasteiger partial charge in [0.2, 0.25) is 0 Å². The fourth-order valence-corrected chi connectivity index (χ4v) is 5.35. The van der Waals surface area contributed by atoms with Gasteiger partial charge in [0.25, 0.3) is 11.7 Å². The van der Waals surface area contributed by atoms with Crippen LogP contribution in [0.2, 0.25) is 5.02 Å². The van der Waals surface area contributed by atoms with Crippen molar-refractivity contribution in [1.82, 2.24) is 0 Å². The summed E-state index contributed by atoms with van der Waals surface area (Å²) in [5.41, 5.74) is 2.38. The number of carbonyl (C=O) groups excluding carboxylic acids is 2. The Morgan fingerprint density at radius 2 is 1.89 bits per heavy atom. The number of benzene rings is 2. The third kappa shape index (κ3) is 4.48. The Bertz CT molecular complexity index is 1320. The first-order chi connectivity index (χ1) is 16.6. The maximum absolute atomic E-state index is 13.4. The van der Waals surface area contributed by atoms with E-state index in [-0.39, 0.29) is 16.7 Å². The molecule has 2 heterocycles. The summed E-state index contributed by atoms with van der Waals surface area (Å²) in [5, 5.41) is 13.9. The molecule has 0 bridgehead atoms. The van der Waals surface area contributed by atoms with Gasteiger partial charge in [-0.1, -0.05) is 44.5 Å². The third-order valence-electron chi connectivity index (χ3n) is 6.12. The standard InChI is InChI=1S/C28H28ClNO4S/c1-6-34-21-13-12-17(15-18(21)28(3,4)5)25(31)23-24(22-11-8-14-35-22)30(27(33)26(23)32)20-10-7-9-19(29)16(20)2/h7-15,24,31H,6H2,1-5H3/b25-23-. The van der Waals surface area contributed by atoms with Gasteiger partial charge in [0.05, 0.1) is 12.2 Å². The molecule has 7 heteroatoms. The van der Waals surface area contributed by atoms with E-state index in [1.165, 1.54) is 16.2 Å². The molecule has 4 rings (SSSR count). The van der Waals surface area contributed by atoms with Gasteiger partial charge in [0.1, 0.15) is 17.6 Å². The zero-order chi connectivity index (χ0) is 25.5. The molecule has 1 aromatic heterocycles. The molecular weight excluding hydrogens is 482 g/mol. The van der Waals surface area contributed by atoms with Crippen LogP contribution in [0.3, 0.4) is 0 Å². The van der Waals surface area contributed by atoms with Gasteiger partial charge in [-0.3, -0.25) is 14.5 Å². The molecule has 3 aromatic rings. The molecule has 182 valence electrons. The highest BCUT2D eigenvalue weighted by Crippen LogP contribution is 2.45. The van der Waals surface area contributed by atoms with E-state index in [0.29, 0.717) is 28.4 Å². The van der Waals surface area contributed by atoms with E-state index in [1.54, 1.807) is 30.3 Å². The number of anilines is 1. The first-order valence-corrected chi connectivity index (χ1v) is 12.7. The Balaban J connectivity index is 1.94. The quantitative estimate of drug-likeness (QED) is 0.228. The molecule has 0 spiro atoms. The fraction of sp³-hybridized carbons (Fsp3) is 0.286. The van der Waals surface area contributed by atoms with Crippen molar-refractivity contribution < 1.29 is 19.4 Å². The Morgan fingerprint density at radius 1 is 1.14 bits per heavy atom. The van der Waals surface area contributed by atoms with Crippen LogP contribution in [-0.2, 0) is 15.0 Å². The van der Waals surface area contributed by atoms with Gasteiger partial charge in [-0.2, -0.15) is 0 Å². The van der Waals surface area contributed by atoms with Crippen LogP contribution in [0.4, 0.5) is 5.69 Å². The number of ketones is 1. The molecule has 1 amide bonds. The molecule has 1 unspecified atom stereocenters. The van der Waals surface area contributed by atoms with Crippen LogP contribution in [0.1, 0.15) is 55.3 Å². The summed E-state index contributed by atoms with van der Waals surface area (Å²) in [7, 11) is 0. The number of thiophene rings is 1. The smallest absolute Gasteiger partial charge is 0.300 e. The van der Waals surface area contributed by atoms with Crippen LogP contribution in [0.15, 0.2) is 59.5 Å². The van der Waals surface area contributed by atoms with Gasteiger partial charge in [0.15, 0.2) is 0 Å². The summed E-state index contributed by atoms with van der Waals surface area (Å²) in [6.45, 7) is 10.4. The Morgan fingerprint density at radius 3 is 2.51 bits per heavy atom. The van der Waals surface area contributed by atoms with Gasteiger partial charge in [-0.15, -0.1) is 11.3 Å². The lowest BCUT2D eigenvalue weighted by molar-refractivity contribution is -0.132. The predicted molar refractivity (Wildman–Crippen MR) is 142 cm³/mol. The maximum Gasteiger partial charge on any atom is 0.300 e. The van der Waals surface area contributed by atoms with Crippen molar-refractivity contribution in [3.63, 3.8) is 0 Å². The molecule has 1 atom stereocenters. The monoisotopic (exact) mass is 509 g/mol. The summed E-state index contributed by atoms with van der Waals surface area (Å²) in [6.07, 6.45) is 0. The van der Waals surface area contributed by atoms with Crippen LogP contribution in [0.5, 0.6) is 5.75 Å². The molecule has 35 heavy (non-hydrogen) atoms. The zero-order valence-corrected chi connectivity index (χ0v) is 22.0. The normalized spacial score (nSPS) is 17.8. The van der Waals surface area contributed by atoms with E-state index in [9.17, 15) is 14.7 Å². The summed E-state index contributed by atoms with van der Waals surface area (Å²) < 4.78 is 5.80. The fourth-order valence-electron chi connectivity index (χ4n) is 4.35. The van der Waals surface area contributed by atoms with Gasteiger partial charge < -0.3 is 9.84 Å². The van der Waals surface area contributed by atoms with Crippen LogP contribution >= 0.6 is 22.9 Å². The first kappa shape index (κ1) is 25.0. The van der Waals surface area contributed by atoms with Crippen molar-refractivity contribution in [3.05, 3.63) is 86.1 Å². The van der Waals surface area contributed by atoms with Crippen molar-refractivity contribution in [2.45, 2.75) is 46.1 Å². The minimum absolute atomic E-state index is 0.0563. The van der Waals surface area contributed by atoms with Crippen molar-refractivity contribution in [1.29, 1.82) is 0 Å². The molecule has 1 N–H and O–H groups in total. The van der Waals surface area contributed by atoms with Crippen LogP contribution in [0.25, 0.3) is 5.76 Å². The number of carbonyl (C=O) groups is 2. The van der Waals surface area contributed by atoms with Gasteiger partial charge >= 0.3 is 0 Å². The van der Waals surface area contributed by atoms with Crippen LogP contribution < -0.4 is 9.64 Å². The van der Waals surface area contributed by atoms with E-state index in [0.717, 1.165) is 16.2 Å². The zero-order valence-electron chi connectivity index (χ0n) is 20.4. The van der Waals surface area contributed by atoms with Crippen LogP contribution in [-0.4, -0.2) is 23.4 Å². The Labute approximate surface area is 214 Å². The SMILES string of the molecule is CCOc1ccc(/C(O)=C2/C(=O)C(=O)N(c3cccc(Cl)c3C)C2c2cccs2)cc1C(C)(C)C. The largest absolute Gasteiger partial charge is 0.507 e. The second kappa shape index (κ2) is 9.51. The molecule has 0 radical (unpaired) electrons. The van der Waals surface area contributed by atoms with Crippen molar-refractivity contribution in [3.8, 4) is 5.75 Å². The number of nitrogens with zero attached hydrogens (tertiary/aromatic N) is 1. The molecular formula is C28H28ClNO4S. The minimum atomic E-state index is -0.767. The number of aliphatic hydroxyl groups excluding tert-OH is 1. The number of hydrogen-bond donors (Lipinski definition) is 1. The topological polar surface area (TPSA) is 66.8 Å². The number of rotatable bonds is 5. The number of aliphatic hydroxyl groups is 1. The molecule has 1 saturated heterocycles. The van der Waals surface area contributed by atoms with Gasteiger partial charge in [-0.25, -0.2) is 0 Å². The van der Waals surface area contributed by atoms with Crippen molar-refractivity contribution >= 4 is 46.1 Å². The molecule has 0 saturated carbocycles. The minimum Gasteiger partial charge on any atom is -0.507 e. The number of amides is 1. The molecule has 0 aliphatic carbocycles. The number of Topliss-reactive ketones (excluding diaryl/α,β-unsaturated/α-hetero) is 1. The van der Waals surface area contributed by atoms with E-state index in [2.05, 4.69) is 20.8 Å². The highest BCUT2D eigenvalue weighted by Gasteiger charge is 2.48. The Hall–Kier alpha value is -3.09. The molecule has 5 nitrogen and oxygen atoms in total. The maximum atomic E-state index is 13.4. The highest BCUT2D eigenvalue weighted by molar-refractivity contribution is 7.10. The molecule has 2 aromatic carbocycles. The van der Waals surface area contributed by atoms with E-state index < -0.39 is 17.7 Å². The highest BCUT2D eigenvalue weighted by atomic mass is 35.5. The van der Waals surface area contributed by atoms with E-state index >= 15 is 0 Å². The number of hydrogen-bond acceptors (Lipinski definition) is 5. The predicted octanol–water partition coefficient (Wildman–Crippen LogP) is 7.03. The lowest BCUT2D eigenvalue weighted by Crippen LogP contribution is -2.29. The molecule has 1 aliphatic heterocycles. The number of halogens is 1. The Kier molecular flexibility index (Phi) is 6.80. The van der Waals surface area contributed by atoms with Crippen molar-refractivity contribution in [2.75, 3.05) is 11.5 Å². The third-order valence-corrected chi connectivity index (χ3v) is 7.45. The van der Waals surface area contributed by atoms with E-state index in [1.807, 2.05) is 37.4 Å². The molecule has 1 fully saturated rings.